The van der Waals surface area contributed by atoms with Gasteiger partial charge in [0.25, 0.3) is 0 Å². The van der Waals surface area contributed by atoms with E-state index in [2.05, 4.69) is 0 Å². The predicted octanol–water partition coefficient (Wildman–Crippen LogP) is 5.74. The lowest BCUT2D eigenvalue weighted by Crippen LogP contribution is -2.42. The quantitative estimate of drug-likeness (QED) is 0.231. The predicted molar refractivity (Wildman–Crippen MR) is 66.8 cm³/mol. The molecule has 0 aliphatic rings. The minimum atomic E-state index is -5.44. The van der Waals surface area contributed by atoms with Crippen molar-refractivity contribution in [1.29, 1.82) is 0 Å². The molecule has 0 aliphatic carbocycles. The fraction of sp³-hybridized carbons (Fsp3) is 1.00. The molecule has 0 aromatic rings. The Hall–Kier alpha value is 0.380. The molecule has 0 fully saturated rings. The van der Waals surface area contributed by atoms with E-state index >= 15 is 0 Å². The van der Waals surface area contributed by atoms with Crippen LogP contribution in [0.1, 0.15) is 52.4 Å². The molecule has 0 nitrogen and oxygen atoms in total. The van der Waals surface area contributed by atoms with Gasteiger partial charge >= 0.3 is 12.1 Å². The molecule has 0 saturated heterocycles. The largest absolute Gasteiger partial charge is 0.453 e. The second-order valence-corrected chi connectivity index (χ2v) is 6.63. The van der Waals surface area contributed by atoms with E-state index in [0.717, 1.165) is 12.8 Å². The summed E-state index contributed by atoms with van der Waals surface area (Å²) in [6, 6.07) is 0. The Morgan fingerprint density at radius 3 is 1.82 bits per heavy atom. The molecule has 0 rings (SSSR count). The minimum Gasteiger partial charge on any atom is -0.196 e. The maximum Gasteiger partial charge on any atom is 0.453 e. The molecule has 0 bridgehead atoms. The van der Waals surface area contributed by atoms with E-state index in [1.165, 1.54) is 0 Å². The van der Waals surface area contributed by atoms with Gasteiger partial charge in [0, 0.05) is 9.84 Å². The van der Waals surface area contributed by atoms with Gasteiger partial charge in [-0.15, -0.1) is 0 Å². The molecule has 0 radical (unpaired) electrons. The smallest absolute Gasteiger partial charge is 0.196 e. The fourth-order valence-corrected chi connectivity index (χ4v) is 2.44. The van der Waals surface area contributed by atoms with Crippen LogP contribution in [0.4, 0.5) is 22.0 Å². The lowest BCUT2D eigenvalue weighted by Gasteiger charge is -2.31. The molecule has 0 spiro atoms. The Morgan fingerprint density at radius 1 is 0.941 bits per heavy atom. The highest BCUT2D eigenvalue weighted by atomic mass is 127. The molecule has 1 unspecified atom stereocenters. The summed E-state index contributed by atoms with van der Waals surface area (Å²) in [5.74, 6) is -4.59. The highest BCUT2D eigenvalue weighted by Crippen LogP contribution is 2.46. The molecule has 0 amide bonds. The van der Waals surface area contributed by atoms with Crippen LogP contribution in [-0.4, -0.2) is 15.5 Å². The third kappa shape index (κ3) is 5.70. The SMILES string of the molecule is CCCCCC(I)(CC)CC(F)(F)C(F)(F)F. The van der Waals surface area contributed by atoms with Gasteiger partial charge < -0.3 is 0 Å². The number of unbranched alkanes of at least 4 members (excludes halogenated alkanes) is 2. The monoisotopic (exact) mass is 372 g/mol. The summed E-state index contributed by atoms with van der Waals surface area (Å²) in [5.41, 5.74) is 0. The van der Waals surface area contributed by atoms with E-state index in [0.29, 0.717) is 19.3 Å². The Kier molecular flexibility index (Phi) is 6.66. The molecule has 0 saturated carbocycles. The number of hydrogen-bond acceptors (Lipinski definition) is 0. The highest BCUT2D eigenvalue weighted by Gasteiger charge is 2.59. The van der Waals surface area contributed by atoms with Crippen molar-refractivity contribution in [3.8, 4) is 0 Å². The van der Waals surface area contributed by atoms with Gasteiger partial charge in [-0.3, -0.25) is 0 Å². The molecule has 104 valence electrons. The summed E-state index contributed by atoms with van der Waals surface area (Å²) in [7, 11) is 0. The van der Waals surface area contributed by atoms with Crippen LogP contribution < -0.4 is 0 Å². The molecule has 0 aliphatic heterocycles. The Bertz CT molecular complexity index is 226. The van der Waals surface area contributed by atoms with Crippen molar-refractivity contribution >= 4 is 22.6 Å². The van der Waals surface area contributed by atoms with Crippen LogP contribution in [0.3, 0.4) is 0 Å². The lowest BCUT2D eigenvalue weighted by atomic mass is 9.92. The molecule has 17 heavy (non-hydrogen) atoms. The van der Waals surface area contributed by atoms with Crippen molar-refractivity contribution in [2.24, 2.45) is 0 Å². The van der Waals surface area contributed by atoms with Crippen LogP contribution >= 0.6 is 22.6 Å². The molecule has 0 aromatic carbocycles. The molecule has 0 aromatic heterocycles. The van der Waals surface area contributed by atoms with Gasteiger partial charge in [0.15, 0.2) is 0 Å². The summed E-state index contributed by atoms with van der Waals surface area (Å²) in [6.07, 6.45) is -3.35. The molecular weight excluding hydrogens is 354 g/mol. The zero-order valence-electron chi connectivity index (χ0n) is 10.0. The van der Waals surface area contributed by atoms with E-state index in [4.69, 9.17) is 0 Å². The van der Waals surface area contributed by atoms with Crippen LogP contribution in [-0.2, 0) is 0 Å². The molecule has 1 atom stereocenters. The Labute approximate surface area is 112 Å². The number of halogens is 6. The second-order valence-electron chi connectivity index (χ2n) is 4.34. The van der Waals surface area contributed by atoms with Crippen LogP contribution in [0, 0.1) is 0 Å². The average Bonchev–Trinajstić information content (AvgIpc) is 2.15. The van der Waals surface area contributed by atoms with E-state index in [-0.39, 0.29) is 0 Å². The van der Waals surface area contributed by atoms with Crippen molar-refractivity contribution < 1.29 is 22.0 Å². The summed E-state index contributed by atoms with van der Waals surface area (Å²) in [5, 5.41) is 0. The van der Waals surface area contributed by atoms with Gasteiger partial charge in [-0.05, 0) is 12.8 Å². The van der Waals surface area contributed by atoms with E-state index in [1.54, 1.807) is 29.5 Å². The van der Waals surface area contributed by atoms with Crippen LogP contribution in [0.15, 0.2) is 0 Å². The van der Waals surface area contributed by atoms with Gasteiger partial charge in [0.05, 0.1) is 0 Å². The zero-order chi connectivity index (χ0) is 13.7. The molecule has 0 N–H and O–H groups in total. The van der Waals surface area contributed by atoms with Crippen molar-refractivity contribution in [3.05, 3.63) is 0 Å². The normalized spacial score (nSPS) is 16.9. The highest BCUT2D eigenvalue weighted by molar-refractivity contribution is 14.1. The zero-order valence-corrected chi connectivity index (χ0v) is 12.2. The van der Waals surface area contributed by atoms with Crippen molar-refractivity contribution in [2.75, 3.05) is 0 Å². The molecule has 0 heterocycles. The van der Waals surface area contributed by atoms with Crippen LogP contribution in [0.5, 0.6) is 0 Å². The van der Waals surface area contributed by atoms with Crippen LogP contribution in [0.25, 0.3) is 0 Å². The number of rotatable bonds is 7. The summed E-state index contributed by atoms with van der Waals surface area (Å²) in [6.45, 7) is 3.62. The number of alkyl halides is 6. The van der Waals surface area contributed by atoms with Crippen molar-refractivity contribution in [2.45, 2.75) is 67.9 Å². The van der Waals surface area contributed by atoms with E-state index in [1.807, 2.05) is 6.92 Å². The van der Waals surface area contributed by atoms with Gasteiger partial charge in [0.2, 0.25) is 0 Å². The third-order valence-corrected chi connectivity index (χ3v) is 4.50. The van der Waals surface area contributed by atoms with E-state index < -0.39 is 21.9 Å². The van der Waals surface area contributed by atoms with Gasteiger partial charge in [-0.25, -0.2) is 0 Å². The first-order valence-electron chi connectivity index (χ1n) is 5.71. The van der Waals surface area contributed by atoms with Gasteiger partial charge in [0.1, 0.15) is 0 Å². The summed E-state index contributed by atoms with van der Waals surface area (Å²) >= 11 is 1.76. The summed E-state index contributed by atoms with van der Waals surface area (Å²) in [4.78, 5) is 0. The number of hydrogen-bond donors (Lipinski definition) is 0. The Morgan fingerprint density at radius 2 is 1.47 bits per heavy atom. The lowest BCUT2D eigenvalue weighted by molar-refractivity contribution is -0.286. The summed E-state index contributed by atoms with van der Waals surface area (Å²) < 4.78 is 61.4. The average molecular weight is 372 g/mol. The second kappa shape index (κ2) is 6.52. The topological polar surface area (TPSA) is 0 Å². The van der Waals surface area contributed by atoms with Gasteiger partial charge in [-0.2, -0.15) is 22.0 Å². The van der Waals surface area contributed by atoms with Crippen molar-refractivity contribution in [1.82, 2.24) is 0 Å². The van der Waals surface area contributed by atoms with Gasteiger partial charge in [-0.1, -0.05) is 55.7 Å². The third-order valence-electron chi connectivity index (χ3n) is 2.82. The molecule has 6 heteroatoms. The first-order valence-corrected chi connectivity index (χ1v) is 6.79. The van der Waals surface area contributed by atoms with Crippen molar-refractivity contribution in [3.63, 3.8) is 0 Å². The maximum atomic E-state index is 13.0. The van der Waals surface area contributed by atoms with Crippen LogP contribution in [0.2, 0.25) is 0 Å². The maximum absolute atomic E-state index is 13.0. The van der Waals surface area contributed by atoms with E-state index in [9.17, 15) is 22.0 Å². The first-order chi connectivity index (χ1) is 7.58. The Balaban J connectivity index is 4.56. The first kappa shape index (κ1) is 17.4. The fourth-order valence-electron chi connectivity index (χ4n) is 1.58. The molecular formula is C11H18F5I. The standard InChI is InChI=1S/C11H18F5I/c1-3-5-6-7-9(17,4-2)8-10(12,13)11(14,15)16/h3-8H2,1-2H3. The minimum absolute atomic E-state index is 0.322.